The van der Waals surface area contributed by atoms with Crippen LogP contribution in [0.5, 0.6) is 0 Å². The first-order chi connectivity index (χ1) is 8.95. The van der Waals surface area contributed by atoms with Crippen molar-refractivity contribution in [3.8, 4) is 17.2 Å². The van der Waals surface area contributed by atoms with Crippen LogP contribution in [0.1, 0.15) is 16.8 Å². The van der Waals surface area contributed by atoms with Crippen molar-refractivity contribution < 1.29 is 4.39 Å². The Labute approximate surface area is 110 Å². The minimum Gasteiger partial charge on any atom is -0.315 e. The molecule has 0 aliphatic rings. The monoisotopic (exact) mass is 256 g/mol. The van der Waals surface area contributed by atoms with Crippen molar-refractivity contribution >= 4 is 0 Å². The molecule has 0 unspecified atom stereocenters. The normalized spacial score (nSPS) is 10.3. The van der Waals surface area contributed by atoms with Crippen molar-refractivity contribution in [2.75, 3.05) is 0 Å². The average Bonchev–Trinajstić information content (AvgIpc) is 2.39. The van der Waals surface area contributed by atoms with E-state index in [0.29, 0.717) is 16.7 Å². The number of hydrogen-bond acceptors (Lipinski definition) is 2. The molecule has 19 heavy (non-hydrogen) atoms. The molecule has 1 aromatic carbocycles. The van der Waals surface area contributed by atoms with Crippen LogP contribution in [0.4, 0.5) is 4.39 Å². The van der Waals surface area contributed by atoms with Crippen LogP contribution in [0, 0.1) is 31.0 Å². The molecule has 3 nitrogen and oxygen atoms in total. The molecule has 0 atom stereocenters. The lowest BCUT2D eigenvalue weighted by molar-refractivity contribution is 0.619. The number of rotatable bonds is 1. The first kappa shape index (κ1) is 13.0. The van der Waals surface area contributed by atoms with Crippen LogP contribution in [-0.2, 0) is 7.05 Å². The van der Waals surface area contributed by atoms with Gasteiger partial charge in [-0.2, -0.15) is 5.26 Å². The lowest BCUT2D eigenvalue weighted by atomic mass is 9.99. The second kappa shape index (κ2) is 4.69. The molecule has 2 aromatic rings. The SMILES string of the molecule is Cc1cc(-c2cc(C)n(C)c(=O)c2C#N)ccc1F. The van der Waals surface area contributed by atoms with Crippen molar-refractivity contribution in [2.45, 2.75) is 13.8 Å². The van der Waals surface area contributed by atoms with E-state index in [1.807, 2.05) is 6.07 Å². The summed E-state index contributed by atoms with van der Waals surface area (Å²) in [5.74, 6) is -0.303. The first-order valence-corrected chi connectivity index (χ1v) is 5.83. The number of benzene rings is 1. The van der Waals surface area contributed by atoms with Crippen molar-refractivity contribution in [1.29, 1.82) is 5.26 Å². The van der Waals surface area contributed by atoms with Crippen molar-refractivity contribution in [1.82, 2.24) is 4.57 Å². The number of halogens is 1. The number of nitrogens with zero attached hydrogens (tertiary/aromatic N) is 2. The molecule has 0 saturated carbocycles. The average molecular weight is 256 g/mol. The Morgan fingerprint density at radius 3 is 2.53 bits per heavy atom. The predicted octanol–water partition coefficient (Wildman–Crippen LogP) is 2.68. The van der Waals surface area contributed by atoms with E-state index < -0.39 is 0 Å². The van der Waals surface area contributed by atoms with Crippen LogP contribution in [0.15, 0.2) is 29.1 Å². The molecule has 96 valence electrons. The zero-order valence-corrected chi connectivity index (χ0v) is 11.0. The lowest BCUT2D eigenvalue weighted by Gasteiger charge is -2.10. The van der Waals surface area contributed by atoms with E-state index in [2.05, 4.69) is 0 Å². The van der Waals surface area contributed by atoms with Crippen LogP contribution in [0.2, 0.25) is 0 Å². The summed E-state index contributed by atoms with van der Waals surface area (Å²) in [5, 5.41) is 9.16. The zero-order chi connectivity index (χ0) is 14.2. The summed E-state index contributed by atoms with van der Waals surface area (Å²) in [5.41, 5.74) is 2.21. The molecule has 1 heterocycles. The summed E-state index contributed by atoms with van der Waals surface area (Å²) in [6.07, 6.45) is 0. The fourth-order valence-electron chi connectivity index (χ4n) is 1.97. The lowest BCUT2D eigenvalue weighted by Crippen LogP contribution is -2.22. The maximum atomic E-state index is 13.3. The summed E-state index contributed by atoms with van der Waals surface area (Å²) >= 11 is 0. The van der Waals surface area contributed by atoms with Crippen LogP contribution < -0.4 is 5.56 Å². The van der Waals surface area contributed by atoms with E-state index >= 15 is 0 Å². The Bertz CT molecular complexity index is 754. The summed E-state index contributed by atoms with van der Waals surface area (Å²) < 4.78 is 14.7. The van der Waals surface area contributed by atoms with Crippen LogP contribution >= 0.6 is 0 Å². The fourth-order valence-corrected chi connectivity index (χ4v) is 1.97. The highest BCUT2D eigenvalue weighted by Crippen LogP contribution is 2.24. The summed E-state index contributed by atoms with van der Waals surface area (Å²) in [6, 6.07) is 8.28. The van der Waals surface area contributed by atoms with Crippen molar-refractivity contribution in [3.05, 3.63) is 57.3 Å². The van der Waals surface area contributed by atoms with Crippen LogP contribution in [-0.4, -0.2) is 4.57 Å². The van der Waals surface area contributed by atoms with Gasteiger partial charge in [0.1, 0.15) is 17.4 Å². The van der Waals surface area contributed by atoms with Gasteiger partial charge in [0.25, 0.3) is 5.56 Å². The molecule has 0 fully saturated rings. The number of hydrogen-bond donors (Lipinski definition) is 0. The maximum Gasteiger partial charge on any atom is 0.269 e. The van der Waals surface area contributed by atoms with E-state index in [1.54, 1.807) is 39.1 Å². The number of nitriles is 1. The largest absolute Gasteiger partial charge is 0.315 e. The van der Waals surface area contributed by atoms with Gasteiger partial charge >= 0.3 is 0 Å². The maximum absolute atomic E-state index is 13.3. The molecule has 2 rings (SSSR count). The Hall–Kier alpha value is -2.41. The van der Waals surface area contributed by atoms with Gasteiger partial charge in [0, 0.05) is 18.3 Å². The molecule has 1 aromatic heterocycles. The van der Waals surface area contributed by atoms with Gasteiger partial charge < -0.3 is 4.57 Å². The molecule has 4 heteroatoms. The van der Waals surface area contributed by atoms with E-state index in [1.165, 1.54) is 10.6 Å². The Kier molecular flexibility index (Phi) is 3.22. The van der Waals surface area contributed by atoms with Crippen LogP contribution in [0.25, 0.3) is 11.1 Å². The van der Waals surface area contributed by atoms with E-state index in [-0.39, 0.29) is 16.9 Å². The highest BCUT2D eigenvalue weighted by atomic mass is 19.1. The standard InChI is InChI=1S/C15H13FN2O/c1-9-6-11(4-5-14(9)16)12-7-10(2)18(3)15(19)13(12)8-17/h4-7H,1-3H3. The molecule has 0 radical (unpaired) electrons. The third kappa shape index (κ3) is 2.15. The minimum absolute atomic E-state index is 0.0825. The van der Waals surface area contributed by atoms with Gasteiger partial charge in [0.2, 0.25) is 0 Å². The minimum atomic E-state index is -0.334. The second-order valence-corrected chi connectivity index (χ2v) is 4.51. The van der Waals surface area contributed by atoms with E-state index in [9.17, 15) is 9.18 Å². The summed E-state index contributed by atoms with van der Waals surface area (Å²) in [4.78, 5) is 12.0. The zero-order valence-electron chi connectivity index (χ0n) is 11.0. The third-order valence-electron chi connectivity index (χ3n) is 3.25. The molecule has 0 amide bonds. The van der Waals surface area contributed by atoms with E-state index in [4.69, 9.17) is 5.26 Å². The van der Waals surface area contributed by atoms with Gasteiger partial charge in [-0.05, 0) is 43.2 Å². The Morgan fingerprint density at radius 2 is 1.95 bits per heavy atom. The van der Waals surface area contributed by atoms with Gasteiger partial charge in [0.05, 0.1) is 0 Å². The van der Waals surface area contributed by atoms with Gasteiger partial charge in [0.15, 0.2) is 0 Å². The fraction of sp³-hybridized carbons (Fsp3) is 0.200. The highest BCUT2D eigenvalue weighted by Gasteiger charge is 2.13. The smallest absolute Gasteiger partial charge is 0.269 e. The van der Waals surface area contributed by atoms with Gasteiger partial charge in [-0.3, -0.25) is 4.79 Å². The molecule has 0 N–H and O–H groups in total. The molecule has 0 aliphatic carbocycles. The first-order valence-electron chi connectivity index (χ1n) is 5.83. The predicted molar refractivity (Wildman–Crippen MR) is 71.3 cm³/mol. The molecular formula is C15H13FN2O. The second-order valence-electron chi connectivity index (χ2n) is 4.51. The van der Waals surface area contributed by atoms with Crippen LogP contribution in [0.3, 0.4) is 0 Å². The molecular weight excluding hydrogens is 243 g/mol. The summed E-state index contributed by atoms with van der Waals surface area (Å²) in [6.45, 7) is 3.45. The quantitative estimate of drug-likeness (QED) is 0.787. The number of aromatic nitrogens is 1. The molecule has 0 spiro atoms. The third-order valence-corrected chi connectivity index (χ3v) is 3.25. The highest BCUT2D eigenvalue weighted by molar-refractivity contribution is 5.71. The Morgan fingerprint density at radius 1 is 1.26 bits per heavy atom. The van der Waals surface area contributed by atoms with Gasteiger partial charge in [-0.25, -0.2) is 4.39 Å². The molecule has 0 bridgehead atoms. The topological polar surface area (TPSA) is 45.8 Å². The number of pyridine rings is 1. The summed E-state index contributed by atoms with van der Waals surface area (Å²) in [7, 11) is 1.62. The van der Waals surface area contributed by atoms with Crippen molar-refractivity contribution in [2.24, 2.45) is 7.05 Å². The number of aryl methyl sites for hydroxylation is 2. The molecule has 0 aliphatic heterocycles. The van der Waals surface area contributed by atoms with E-state index in [0.717, 1.165) is 5.69 Å². The molecule has 0 saturated heterocycles. The Balaban J connectivity index is 2.79. The van der Waals surface area contributed by atoms with Gasteiger partial charge in [-0.15, -0.1) is 0 Å². The van der Waals surface area contributed by atoms with Crippen molar-refractivity contribution in [3.63, 3.8) is 0 Å². The van der Waals surface area contributed by atoms with Gasteiger partial charge in [-0.1, -0.05) is 6.07 Å².